The van der Waals surface area contributed by atoms with Gasteiger partial charge < -0.3 is 4.57 Å². The molecule has 0 aliphatic rings. The lowest BCUT2D eigenvalue weighted by atomic mass is 9.89. The van der Waals surface area contributed by atoms with Gasteiger partial charge in [0.1, 0.15) is 0 Å². The minimum atomic E-state index is 0.613. The Balaban J connectivity index is 0.967. The third-order valence-corrected chi connectivity index (χ3v) is 13.2. The molecule has 67 heavy (non-hydrogen) atoms. The predicted molar refractivity (Wildman–Crippen MR) is 279 cm³/mol. The summed E-state index contributed by atoms with van der Waals surface area (Å²) in [5.41, 5.74) is 13.1. The molecule has 0 aliphatic carbocycles. The maximum absolute atomic E-state index is 5.28. The van der Waals surface area contributed by atoms with Crippen LogP contribution in [0.2, 0.25) is 0 Å². The summed E-state index contributed by atoms with van der Waals surface area (Å²) in [4.78, 5) is 15.8. The van der Waals surface area contributed by atoms with Gasteiger partial charge in [-0.3, -0.25) is 0 Å². The van der Waals surface area contributed by atoms with Crippen molar-refractivity contribution >= 4 is 54.1 Å². The molecule has 0 aliphatic heterocycles. The van der Waals surface area contributed by atoms with Gasteiger partial charge in [0, 0.05) is 33.2 Å². The van der Waals surface area contributed by atoms with Crippen LogP contribution in [0.4, 0.5) is 0 Å². The number of benzene rings is 11. The first-order valence-corrected chi connectivity index (χ1v) is 22.8. The zero-order valence-corrected chi connectivity index (χ0v) is 36.4. The van der Waals surface area contributed by atoms with Crippen molar-refractivity contribution in [3.63, 3.8) is 0 Å². The molecule has 0 unspecified atom stereocenters. The van der Waals surface area contributed by atoms with Crippen LogP contribution in [0.5, 0.6) is 0 Å². The maximum Gasteiger partial charge on any atom is 0.164 e. The van der Waals surface area contributed by atoms with Crippen LogP contribution in [-0.4, -0.2) is 19.5 Å². The summed E-state index contributed by atoms with van der Waals surface area (Å²) in [5.74, 6) is 1.85. The van der Waals surface area contributed by atoms with Crippen molar-refractivity contribution < 1.29 is 0 Å². The normalized spacial score (nSPS) is 11.6. The lowest BCUT2D eigenvalue weighted by molar-refractivity contribution is 1.07. The smallest absolute Gasteiger partial charge is 0.164 e. The molecular weight excluding hydrogens is 813 g/mol. The highest BCUT2D eigenvalue weighted by molar-refractivity contribution is 6.20. The van der Waals surface area contributed by atoms with E-state index in [1.54, 1.807) is 0 Å². The summed E-state index contributed by atoms with van der Waals surface area (Å²) >= 11 is 0. The van der Waals surface area contributed by atoms with Crippen molar-refractivity contribution in [3.05, 3.63) is 243 Å². The van der Waals surface area contributed by atoms with Crippen LogP contribution in [0.25, 0.3) is 127 Å². The van der Waals surface area contributed by atoms with Crippen molar-refractivity contribution in [2.45, 2.75) is 0 Å². The summed E-state index contributed by atoms with van der Waals surface area (Å²) in [5, 5.41) is 9.83. The highest BCUT2D eigenvalue weighted by atomic mass is 15.0. The molecule has 2 heterocycles. The molecule has 0 amide bonds. The lowest BCUT2D eigenvalue weighted by Gasteiger charge is -2.15. The van der Waals surface area contributed by atoms with Crippen molar-refractivity contribution in [3.8, 4) is 73.2 Å². The van der Waals surface area contributed by atoms with Gasteiger partial charge in [0.2, 0.25) is 0 Å². The fourth-order valence-electron chi connectivity index (χ4n) is 10.1. The zero-order valence-electron chi connectivity index (χ0n) is 36.4. The third-order valence-electron chi connectivity index (χ3n) is 13.2. The Labute approximate surface area is 387 Å². The van der Waals surface area contributed by atoms with Gasteiger partial charge in [-0.1, -0.05) is 200 Å². The highest BCUT2D eigenvalue weighted by Gasteiger charge is 2.19. The van der Waals surface area contributed by atoms with E-state index in [0.717, 1.165) is 55.7 Å². The molecule has 13 aromatic rings. The Morgan fingerprint density at radius 3 is 1.57 bits per heavy atom. The molecule has 0 atom stereocenters. The number of hydrogen-bond acceptors (Lipinski definition) is 3. The minimum absolute atomic E-state index is 0.613. The molecule has 0 N–H and O–H groups in total. The molecule has 0 spiro atoms. The minimum Gasteiger partial charge on any atom is -0.309 e. The van der Waals surface area contributed by atoms with Crippen molar-refractivity contribution in [1.82, 2.24) is 19.5 Å². The molecule has 0 saturated heterocycles. The summed E-state index contributed by atoms with van der Waals surface area (Å²) in [6.07, 6.45) is 0. The van der Waals surface area contributed by atoms with Gasteiger partial charge in [-0.15, -0.1) is 0 Å². The molecule has 2 aromatic heterocycles. The van der Waals surface area contributed by atoms with Gasteiger partial charge >= 0.3 is 0 Å². The van der Waals surface area contributed by atoms with Gasteiger partial charge in [-0.2, -0.15) is 0 Å². The third kappa shape index (κ3) is 6.65. The summed E-state index contributed by atoms with van der Waals surface area (Å²) < 4.78 is 2.36. The van der Waals surface area contributed by atoms with E-state index in [2.05, 4.69) is 241 Å². The molecular formula is C63H40N4. The van der Waals surface area contributed by atoms with Crippen LogP contribution in [0.15, 0.2) is 243 Å². The number of para-hydroxylation sites is 2. The average Bonchev–Trinajstić information content (AvgIpc) is 3.75. The van der Waals surface area contributed by atoms with E-state index >= 15 is 0 Å². The quantitative estimate of drug-likeness (QED) is 0.118. The van der Waals surface area contributed by atoms with Gasteiger partial charge in [-0.05, 0) is 108 Å². The molecule has 13 rings (SSSR count). The molecule has 0 saturated carbocycles. The SMILES string of the molecule is c1ccc(-c2cccc(-c3nc(-c4ccc(-c5c6ccccc6cc6c5ccc5ccccc56)cc4)nc(-c4cccc(-c5cccc6c5c5ccccc5n6-c5ccccc5)c4)n3)c2)cc1. The van der Waals surface area contributed by atoms with Crippen LogP contribution in [0, 0.1) is 0 Å². The van der Waals surface area contributed by atoms with Crippen LogP contribution < -0.4 is 0 Å². The maximum atomic E-state index is 5.28. The Kier molecular flexibility index (Phi) is 9.14. The zero-order chi connectivity index (χ0) is 44.3. The van der Waals surface area contributed by atoms with Crippen molar-refractivity contribution in [1.29, 1.82) is 0 Å². The predicted octanol–water partition coefficient (Wildman–Crippen LogP) is 16.4. The molecule has 0 fully saturated rings. The average molecular weight is 853 g/mol. The number of fused-ring (bicyclic) bond motifs is 7. The van der Waals surface area contributed by atoms with E-state index in [0.29, 0.717) is 17.5 Å². The number of hydrogen-bond donors (Lipinski definition) is 0. The fraction of sp³-hybridized carbons (Fsp3) is 0. The Morgan fingerprint density at radius 1 is 0.269 bits per heavy atom. The largest absolute Gasteiger partial charge is 0.309 e. The Morgan fingerprint density at radius 2 is 0.806 bits per heavy atom. The highest BCUT2D eigenvalue weighted by Crippen LogP contribution is 2.42. The number of rotatable bonds is 7. The first-order chi connectivity index (χ1) is 33.2. The summed E-state index contributed by atoms with van der Waals surface area (Å²) in [7, 11) is 0. The van der Waals surface area contributed by atoms with Crippen molar-refractivity contribution in [2.75, 3.05) is 0 Å². The van der Waals surface area contributed by atoms with Crippen LogP contribution in [0.1, 0.15) is 0 Å². The molecule has 0 radical (unpaired) electrons. The first kappa shape index (κ1) is 38.5. The second kappa shape index (κ2) is 15.9. The Hall–Kier alpha value is -8.99. The standard InChI is InChI=1S/C63H40N4/c1-3-16-41(17-4-1)45-20-13-22-48(38-45)62-64-61(44-34-32-43(33-35-44)59-52-27-10-8-19-47(52)40-56-51-26-9-7-18-42(51)36-37-54(56)59)65-63(66-62)49-23-14-21-46(39-49)53-29-15-31-58-60(53)55-28-11-12-30-57(55)67(58)50-24-5-2-6-25-50/h1-40H. The van der Waals surface area contributed by atoms with Gasteiger partial charge in [0.05, 0.1) is 11.0 Å². The van der Waals surface area contributed by atoms with Crippen LogP contribution in [0.3, 0.4) is 0 Å². The van der Waals surface area contributed by atoms with E-state index in [4.69, 9.17) is 15.0 Å². The second-order valence-corrected chi connectivity index (χ2v) is 17.2. The van der Waals surface area contributed by atoms with E-state index < -0.39 is 0 Å². The van der Waals surface area contributed by atoms with Crippen LogP contribution >= 0.6 is 0 Å². The van der Waals surface area contributed by atoms with Crippen LogP contribution in [-0.2, 0) is 0 Å². The Bertz CT molecular complexity index is 4020. The van der Waals surface area contributed by atoms with Gasteiger partial charge in [0.15, 0.2) is 17.5 Å². The van der Waals surface area contributed by atoms with Crippen molar-refractivity contribution in [2.24, 2.45) is 0 Å². The van der Waals surface area contributed by atoms with E-state index in [9.17, 15) is 0 Å². The molecule has 0 bridgehead atoms. The van der Waals surface area contributed by atoms with Gasteiger partial charge in [0.25, 0.3) is 0 Å². The number of aromatic nitrogens is 4. The second-order valence-electron chi connectivity index (χ2n) is 17.2. The van der Waals surface area contributed by atoms with E-state index in [1.165, 1.54) is 54.2 Å². The van der Waals surface area contributed by atoms with E-state index in [1.807, 2.05) is 6.07 Å². The topological polar surface area (TPSA) is 43.6 Å². The first-order valence-electron chi connectivity index (χ1n) is 22.8. The summed E-state index contributed by atoms with van der Waals surface area (Å²) in [6.45, 7) is 0. The molecule has 4 heteroatoms. The lowest BCUT2D eigenvalue weighted by Crippen LogP contribution is -2.00. The fourth-order valence-corrected chi connectivity index (χ4v) is 10.1. The molecule has 4 nitrogen and oxygen atoms in total. The monoisotopic (exact) mass is 852 g/mol. The van der Waals surface area contributed by atoms with E-state index in [-0.39, 0.29) is 0 Å². The van der Waals surface area contributed by atoms with Gasteiger partial charge in [-0.25, -0.2) is 15.0 Å². The summed E-state index contributed by atoms with van der Waals surface area (Å²) in [6, 6.07) is 86.5. The molecule has 11 aromatic carbocycles. The molecule has 312 valence electrons. The number of nitrogens with zero attached hydrogens (tertiary/aromatic N) is 4.